The van der Waals surface area contributed by atoms with Crippen LogP contribution in [0.3, 0.4) is 0 Å². The molecule has 0 bridgehead atoms. The number of hydrogen-bond donors (Lipinski definition) is 3. The lowest BCUT2D eigenvalue weighted by Gasteiger charge is -2.34. The zero-order chi connectivity index (χ0) is 17.5. The molecule has 0 unspecified atom stereocenters. The molecule has 1 fully saturated rings. The first-order valence-corrected chi connectivity index (χ1v) is 8.05. The quantitative estimate of drug-likeness (QED) is 0.548. The maximum absolute atomic E-state index is 13.4. The predicted molar refractivity (Wildman–Crippen MR) is 84.3 cm³/mol. The van der Waals surface area contributed by atoms with Crippen molar-refractivity contribution in [3.05, 3.63) is 29.6 Å². The maximum atomic E-state index is 13.4. The molecule has 1 aliphatic heterocycles. The predicted octanol–water partition coefficient (Wildman–Crippen LogP) is 2.46. The van der Waals surface area contributed by atoms with Crippen LogP contribution in [0.2, 0.25) is 0 Å². The van der Waals surface area contributed by atoms with E-state index in [1.54, 1.807) is 0 Å². The summed E-state index contributed by atoms with van der Waals surface area (Å²) in [5.41, 5.74) is -0.540. The van der Waals surface area contributed by atoms with E-state index in [0.717, 1.165) is 38.4 Å². The fourth-order valence-corrected chi connectivity index (χ4v) is 2.86. The number of aliphatic hydroxyl groups excluding tert-OH is 1. The van der Waals surface area contributed by atoms with Gasteiger partial charge in [-0.2, -0.15) is 0 Å². The van der Waals surface area contributed by atoms with Gasteiger partial charge in [-0.3, -0.25) is 4.90 Å². The van der Waals surface area contributed by atoms with Gasteiger partial charge in [0.2, 0.25) is 0 Å². The Balaban J connectivity index is 1.74. The van der Waals surface area contributed by atoms with E-state index in [-0.39, 0.29) is 12.6 Å². The Hall–Kier alpha value is -1.80. The van der Waals surface area contributed by atoms with Crippen LogP contribution >= 0.6 is 0 Å². The molecule has 2 rings (SSSR count). The third-order valence-corrected chi connectivity index (χ3v) is 4.11. The number of nitrogens with zero attached hydrogens (tertiary/aromatic N) is 1. The minimum absolute atomic E-state index is 0.123. The van der Waals surface area contributed by atoms with Crippen molar-refractivity contribution >= 4 is 11.7 Å². The maximum Gasteiger partial charge on any atom is 0.319 e. The number of halogens is 3. The highest BCUT2D eigenvalue weighted by molar-refractivity contribution is 5.89. The van der Waals surface area contributed by atoms with E-state index in [9.17, 15) is 23.1 Å². The van der Waals surface area contributed by atoms with Crippen LogP contribution in [0.25, 0.3) is 0 Å². The number of likely N-dealkylation sites (tertiary alicyclic amines) is 1. The minimum atomic E-state index is -1.36. The molecule has 0 saturated carbocycles. The third kappa shape index (κ3) is 5.10. The minimum Gasteiger partial charge on any atom is -0.395 e. The van der Waals surface area contributed by atoms with E-state index in [2.05, 4.69) is 15.5 Å². The molecule has 0 aromatic heterocycles. The molecule has 5 nitrogen and oxygen atoms in total. The smallest absolute Gasteiger partial charge is 0.319 e. The molecule has 1 aliphatic rings. The van der Waals surface area contributed by atoms with Gasteiger partial charge in [0, 0.05) is 31.3 Å². The van der Waals surface area contributed by atoms with Crippen molar-refractivity contribution in [1.82, 2.24) is 10.2 Å². The number of urea groups is 1. The summed E-state index contributed by atoms with van der Waals surface area (Å²) in [6.45, 7) is 2.11. The number of carbonyl (C=O) groups is 1. The van der Waals surface area contributed by atoms with Crippen molar-refractivity contribution < 1.29 is 23.1 Å². The number of benzene rings is 1. The molecule has 2 amide bonds. The van der Waals surface area contributed by atoms with Gasteiger partial charge < -0.3 is 15.7 Å². The monoisotopic (exact) mass is 345 g/mol. The van der Waals surface area contributed by atoms with Crippen molar-refractivity contribution in [2.24, 2.45) is 0 Å². The van der Waals surface area contributed by atoms with Gasteiger partial charge in [-0.25, -0.2) is 18.0 Å². The number of piperidine rings is 1. The molecule has 8 heteroatoms. The van der Waals surface area contributed by atoms with Gasteiger partial charge in [-0.05, 0) is 25.8 Å². The largest absolute Gasteiger partial charge is 0.395 e. The molecule has 3 N–H and O–H groups in total. The average molecular weight is 345 g/mol. The highest BCUT2D eigenvalue weighted by Gasteiger charge is 2.20. The molecule has 24 heavy (non-hydrogen) atoms. The zero-order valence-corrected chi connectivity index (χ0v) is 13.3. The van der Waals surface area contributed by atoms with E-state index >= 15 is 0 Å². The first-order valence-electron chi connectivity index (χ1n) is 8.05. The second-order valence-corrected chi connectivity index (χ2v) is 5.85. The summed E-state index contributed by atoms with van der Waals surface area (Å²) in [5.74, 6) is -3.62. The summed E-state index contributed by atoms with van der Waals surface area (Å²) >= 11 is 0. The van der Waals surface area contributed by atoms with Gasteiger partial charge >= 0.3 is 6.03 Å². The third-order valence-electron chi connectivity index (χ3n) is 4.11. The molecule has 1 aromatic rings. The van der Waals surface area contributed by atoms with Gasteiger partial charge in [0.05, 0.1) is 12.3 Å². The lowest BCUT2D eigenvalue weighted by atomic mass is 10.0. The summed E-state index contributed by atoms with van der Waals surface area (Å²) in [7, 11) is 0. The Labute approximate surface area is 138 Å². The van der Waals surface area contributed by atoms with Gasteiger partial charge in [-0.1, -0.05) is 6.42 Å². The Morgan fingerprint density at radius 3 is 2.83 bits per heavy atom. The number of carbonyl (C=O) groups excluding carboxylic acids is 1. The summed E-state index contributed by atoms with van der Waals surface area (Å²) in [6.07, 6.45) is 3.83. The van der Waals surface area contributed by atoms with Gasteiger partial charge in [0.25, 0.3) is 0 Å². The fraction of sp³-hybridized carbons (Fsp3) is 0.562. The normalized spacial score (nSPS) is 18.4. The van der Waals surface area contributed by atoms with Crippen LogP contribution in [-0.4, -0.2) is 48.3 Å². The molecule has 134 valence electrons. The van der Waals surface area contributed by atoms with E-state index in [0.29, 0.717) is 19.0 Å². The number of anilines is 1. The van der Waals surface area contributed by atoms with Crippen molar-refractivity contribution in [3.63, 3.8) is 0 Å². The van der Waals surface area contributed by atoms with Crippen LogP contribution < -0.4 is 10.6 Å². The lowest BCUT2D eigenvalue weighted by molar-refractivity contribution is 0.0894. The van der Waals surface area contributed by atoms with Crippen LogP contribution in [0.15, 0.2) is 12.1 Å². The lowest BCUT2D eigenvalue weighted by Crippen LogP contribution is -2.43. The first-order chi connectivity index (χ1) is 11.5. The van der Waals surface area contributed by atoms with E-state index in [1.807, 2.05) is 0 Å². The molecule has 1 atom stereocenters. The Morgan fingerprint density at radius 2 is 2.08 bits per heavy atom. The number of aliphatic hydroxyl groups is 1. The van der Waals surface area contributed by atoms with Crippen LogP contribution in [0, 0.1) is 17.5 Å². The van der Waals surface area contributed by atoms with E-state index in [4.69, 9.17) is 0 Å². The molecular formula is C16H22F3N3O2. The van der Waals surface area contributed by atoms with E-state index < -0.39 is 29.2 Å². The van der Waals surface area contributed by atoms with Crippen LogP contribution in [0.1, 0.15) is 25.7 Å². The zero-order valence-electron chi connectivity index (χ0n) is 13.3. The summed E-state index contributed by atoms with van der Waals surface area (Å²) in [5, 5.41) is 13.9. The van der Waals surface area contributed by atoms with Gasteiger partial charge in [-0.15, -0.1) is 0 Å². The number of amides is 2. The topological polar surface area (TPSA) is 64.6 Å². The van der Waals surface area contributed by atoms with Crippen molar-refractivity contribution in [3.8, 4) is 0 Å². The number of nitrogens with one attached hydrogen (secondary N) is 2. The molecule has 1 aromatic carbocycles. The van der Waals surface area contributed by atoms with Crippen molar-refractivity contribution in [2.45, 2.75) is 31.7 Å². The average Bonchev–Trinajstić information content (AvgIpc) is 2.56. The SMILES string of the molecule is O=C(NCCCN1CCCC[C@H]1CO)Nc1cc(F)cc(F)c1F. The summed E-state index contributed by atoms with van der Waals surface area (Å²) in [4.78, 5) is 13.9. The molecule has 0 aliphatic carbocycles. The standard InChI is InChI=1S/C16H22F3N3O2/c17-11-8-13(18)15(19)14(9-11)21-16(24)20-5-3-7-22-6-2-1-4-12(22)10-23/h8-9,12,23H,1-7,10H2,(H2,20,21,24)/t12-/m0/s1. The highest BCUT2D eigenvalue weighted by atomic mass is 19.2. The number of rotatable bonds is 6. The Bertz CT molecular complexity index is 572. The second kappa shape index (κ2) is 8.89. The van der Waals surface area contributed by atoms with Gasteiger partial charge in [0.15, 0.2) is 11.6 Å². The van der Waals surface area contributed by atoms with Crippen LogP contribution in [0.5, 0.6) is 0 Å². The van der Waals surface area contributed by atoms with Gasteiger partial charge in [0.1, 0.15) is 5.82 Å². The first kappa shape index (κ1) is 18.5. The highest BCUT2D eigenvalue weighted by Crippen LogP contribution is 2.19. The molecule has 0 spiro atoms. The molecule has 1 saturated heterocycles. The molecular weight excluding hydrogens is 323 g/mol. The fourth-order valence-electron chi connectivity index (χ4n) is 2.86. The number of hydrogen-bond acceptors (Lipinski definition) is 3. The van der Waals surface area contributed by atoms with E-state index in [1.165, 1.54) is 0 Å². The molecule has 1 heterocycles. The van der Waals surface area contributed by atoms with Crippen LogP contribution in [0.4, 0.5) is 23.7 Å². The Morgan fingerprint density at radius 1 is 1.29 bits per heavy atom. The van der Waals surface area contributed by atoms with Crippen molar-refractivity contribution in [2.75, 3.05) is 31.6 Å². The van der Waals surface area contributed by atoms with Crippen molar-refractivity contribution in [1.29, 1.82) is 0 Å². The van der Waals surface area contributed by atoms with Crippen LogP contribution in [-0.2, 0) is 0 Å². The summed E-state index contributed by atoms with van der Waals surface area (Å²) < 4.78 is 39.5. The Kier molecular flexibility index (Phi) is 6.86. The second-order valence-electron chi connectivity index (χ2n) is 5.85. The molecule has 0 radical (unpaired) electrons. The summed E-state index contributed by atoms with van der Waals surface area (Å²) in [6, 6.07) is 0.569.